The fraction of sp³-hybridized carbons (Fsp3) is 0.152. The number of esters is 3. The topological polar surface area (TPSA) is 118 Å². The van der Waals surface area contributed by atoms with E-state index < -0.39 is 54.2 Å². The van der Waals surface area contributed by atoms with E-state index in [0.717, 1.165) is 16.7 Å². The van der Waals surface area contributed by atoms with Crippen molar-refractivity contribution in [2.45, 2.75) is 36.3 Å². The summed E-state index contributed by atoms with van der Waals surface area (Å²) >= 11 is 0. The van der Waals surface area contributed by atoms with Crippen LogP contribution in [-0.2, 0) is 29.3 Å². The molecular formula is C46H38O9. The van der Waals surface area contributed by atoms with Gasteiger partial charge in [-0.15, -0.1) is 0 Å². The minimum atomic E-state index is -1.83. The molecule has 0 saturated carbocycles. The van der Waals surface area contributed by atoms with Gasteiger partial charge in [0, 0.05) is 0 Å². The fourth-order valence-corrected chi connectivity index (χ4v) is 6.70. The van der Waals surface area contributed by atoms with Crippen LogP contribution in [0.5, 0.6) is 0 Å². The summed E-state index contributed by atoms with van der Waals surface area (Å²) in [5.74, 6) is -2.37. The standard InChI is InChI=1S/C46H38O9/c47-42(32-19-7-1-8-20-32)53-39-38(31-51-46(35-25-13-4-14-26-35,36-27-15-5-16-28-36)37-29-17-6-18-30-37)52-45(50)41(55-44(49)34-23-11-3-12-24-34)40(39)54-43(48)33-21-9-2-10-22-33/h1-30,38-41,45,50H,31H2/t38-,39+,40+,41-,45?/m1/s1. The lowest BCUT2D eigenvalue weighted by Gasteiger charge is -2.44. The van der Waals surface area contributed by atoms with Gasteiger partial charge in [-0.3, -0.25) is 0 Å². The summed E-state index contributed by atoms with van der Waals surface area (Å²) in [5, 5.41) is 11.7. The van der Waals surface area contributed by atoms with E-state index in [0.29, 0.717) is 0 Å². The second kappa shape index (κ2) is 17.2. The third kappa shape index (κ3) is 8.24. The summed E-state index contributed by atoms with van der Waals surface area (Å²) in [4.78, 5) is 41.0. The maximum atomic E-state index is 13.8. The molecule has 5 atom stereocenters. The molecular weight excluding hydrogens is 696 g/mol. The molecule has 1 saturated heterocycles. The van der Waals surface area contributed by atoms with Crippen LogP contribution in [-0.4, -0.2) is 60.3 Å². The Morgan fingerprint density at radius 3 is 1.13 bits per heavy atom. The molecule has 0 bridgehead atoms. The lowest BCUT2D eigenvalue weighted by Crippen LogP contribution is -2.62. The van der Waals surface area contributed by atoms with E-state index >= 15 is 0 Å². The number of benzene rings is 6. The Morgan fingerprint density at radius 1 is 0.455 bits per heavy atom. The molecule has 6 aromatic rings. The van der Waals surface area contributed by atoms with Gasteiger partial charge in [0.1, 0.15) is 11.7 Å². The molecule has 1 N–H and O–H groups in total. The number of rotatable bonds is 12. The van der Waals surface area contributed by atoms with Gasteiger partial charge in [0.05, 0.1) is 23.3 Å². The Bertz CT molecular complexity index is 2050. The number of hydrogen-bond donors (Lipinski definition) is 1. The predicted octanol–water partition coefficient (Wildman–Crippen LogP) is 7.39. The van der Waals surface area contributed by atoms with Crippen molar-refractivity contribution in [2.24, 2.45) is 0 Å². The Morgan fingerprint density at radius 2 is 0.764 bits per heavy atom. The number of hydrogen-bond acceptors (Lipinski definition) is 9. The van der Waals surface area contributed by atoms with Crippen LogP contribution in [0.1, 0.15) is 47.8 Å². The van der Waals surface area contributed by atoms with Crippen LogP contribution in [0.2, 0.25) is 0 Å². The molecule has 7 rings (SSSR count). The lowest BCUT2D eigenvalue weighted by molar-refractivity contribution is -0.289. The third-order valence-corrected chi connectivity index (χ3v) is 9.37. The first-order valence-corrected chi connectivity index (χ1v) is 17.9. The van der Waals surface area contributed by atoms with Crippen molar-refractivity contribution in [3.8, 4) is 0 Å². The van der Waals surface area contributed by atoms with E-state index in [1.165, 1.54) is 0 Å². The maximum absolute atomic E-state index is 13.8. The second-order valence-electron chi connectivity index (χ2n) is 12.9. The summed E-state index contributed by atoms with van der Waals surface area (Å²) in [6, 6.07) is 53.5. The van der Waals surface area contributed by atoms with Gasteiger partial charge in [-0.1, -0.05) is 146 Å². The highest BCUT2D eigenvalue weighted by Crippen LogP contribution is 2.41. The van der Waals surface area contributed by atoms with Crippen molar-refractivity contribution in [2.75, 3.05) is 6.61 Å². The van der Waals surface area contributed by atoms with Crippen molar-refractivity contribution in [3.63, 3.8) is 0 Å². The molecule has 1 fully saturated rings. The predicted molar refractivity (Wildman–Crippen MR) is 203 cm³/mol. The molecule has 6 aromatic carbocycles. The van der Waals surface area contributed by atoms with E-state index in [4.69, 9.17) is 23.7 Å². The SMILES string of the molecule is O=C(O[C@@H]1[C@H](OC(=O)c2ccccc2)[C@@H](OC(=O)c2ccccc2)C(O)O[C@@H]1COC(c1ccccc1)(c1ccccc1)c1ccccc1)c1ccccc1. The zero-order chi connectivity index (χ0) is 38.0. The maximum Gasteiger partial charge on any atom is 0.338 e. The van der Waals surface area contributed by atoms with E-state index in [2.05, 4.69) is 0 Å². The Hall–Kier alpha value is -6.39. The van der Waals surface area contributed by atoms with Gasteiger partial charge in [0.15, 0.2) is 24.6 Å². The molecule has 0 radical (unpaired) electrons. The average molecular weight is 735 g/mol. The molecule has 0 amide bonds. The summed E-state index contributed by atoms with van der Waals surface area (Å²) in [6.45, 7) is -0.290. The Kier molecular flexibility index (Phi) is 11.5. The van der Waals surface area contributed by atoms with Crippen molar-refractivity contribution in [1.82, 2.24) is 0 Å². The van der Waals surface area contributed by atoms with E-state index in [1.807, 2.05) is 91.0 Å². The van der Waals surface area contributed by atoms with Crippen LogP contribution in [0.25, 0.3) is 0 Å². The molecule has 1 heterocycles. The highest BCUT2D eigenvalue weighted by molar-refractivity contribution is 5.91. The van der Waals surface area contributed by atoms with Crippen LogP contribution in [0, 0.1) is 0 Å². The highest BCUT2D eigenvalue weighted by atomic mass is 16.7. The van der Waals surface area contributed by atoms with Crippen molar-refractivity contribution < 1.29 is 43.2 Å². The van der Waals surface area contributed by atoms with Crippen LogP contribution in [0.3, 0.4) is 0 Å². The fourth-order valence-electron chi connectivity index (χ4n) is 6.70. The molecule has 1 unspecified atom stereocenters. The van der Waals surface area contributed by atoms with E-state index in [-0.39, 0.29) is 23.3 Å². The lowest BCUT2D eigenvalue weighted by atomic mass is 9.80. The van der Waals surface area contributed by atoms with E-state index in [1.54, 1.807) is 91.0 Å². The molecule has 1 aliphatic heterocycles. The quantitative estimate of drug-likeness (QED) is 0.0781. The summed E-state index contributed by atoms with van der Waals surface area (Å²) < 4.78 is 31.3. The zero-order valence-electron chi connectivity index (χ0n) is 29.6. The van der Waals surface area contributed by atoms with Crippen molar-refractivity contribution >= 4 is 17.9 Å². The molecule has 0 spiro atoms. The number of carbonyl (C=O) groups excluding carboxylic acids is 3. The van der Waals surface area contributed by atoms with Crippen LogP contribution in [0.15, 0.2) is 182 Å². The summed E-state index contributed by atoms with van der Waals surface area (Å²) in [6.07, 6.45) is -7.70. The molecule has 0 aliphatic carbocycles. The minimum absolute atomic E-state index is 0.185. The zero-order valence-corrected chi connectivity index (χ0v) is 29.6. The highest BCUT2D eigenvalue weighted by Gasteiger charge is 2.53. The molecule has 0 aromatic heterocycles. The van der Waals surface area contributed by atoms with Gasteiger partial charge >= 0.3 is 17.9 Å². The number of carbonyl (C=O) groups is 3. The first-order valence-electron chi connectivity index (χ1n) is 17.9. The molecule has 9 nitrogen and oxygen atoms in total. The number of aliphatic hydroxyl groups is 1. The largest absolute Gasteiger partial charge is 0.452 e. The molecule has 1 aliphatic rings. The van der Waals surface area contributed by atoms with Crippen LogP contribution in [0.4, 0.5) is 0 Å². The Balaban J connectivity index is 1.31. The van der Waals surface area contributed by atoms with Gasteiger partial charge in [-0.25, -0.2) is 14.4 Å². The first-order chi connectivity index (χ1) is 26.9. The van der Waals surface area contributed by atoms with Gasteiger partial charge in [0.2, 0.25) is 0 Å². The Labute approximate surface area is 318 Å². The van der Waals surface area contributed by atoms with Crippen LogP contribution < -0.4 is 0 Å². The van der Waals surface area contributed by atoms with Crippen molar-refractivity contribution in [1.29, 1.82) is 0 Å². The molecule has 9 heteroatoms. The number of ether oxygens (including phenoxy) is 5. The van der Waals surface area contributed by atoms with Gasteiger partial charge in [0.25, 0.3) is 0 Å². The summed E-state index contributed by atoms with van der Waals surface area (Å²) in [5.41, 5.74) is 1.75. The molecule has 55 heavy (non-hydrogen) atoms. The van der Waals surface area contributed by atoms with Gasteiger partial charge < -0.3 is 28.8 Å². The van der Waals surface area contributed by atoms with Gasteiger partial charge in [-0.05, 0) is 53.1 Å². The summed E-state index contributed by atoms with van der Waals surface area (Å²) in [7, 11) is 0. The smallest absolute Gasteiger partial charge is 0.338 e. The van der Waals surface area contributed by atoms with Gasteiger partial charge in [-0.2, -0.15) is 0 Å². The first kappa shape index (κ1) is 36.9. The number of aliphatic hydroxyl groups excluding tert-OH is 1. The average Bonchev–Trinajstić information content (AvgIpc) is 3.25. The normalized spacial score (nSPS) is 19.5. The van der Waals surface area contributed by atoms with Crippen molar-refractivity contribution in [3.05, 3.63) is 215 Å². The minimum Gasteiger partial charge on any atom is -0.452 e. The van der Waals surface area contributed by atoms with E-state index in [9.17, 15) is 19.5 Å². The third-order valence-electron chi connectivity index (χ3n) is 9.37. The second-order valence-corrected chi connectivity index (χ2v) is 12.9. The monoisotopic (exact) mass is 734 g/mol. The molecule has 276 valence electrons. The van der Waals surface area contributed by atoms with Crippen LogP contribution >= 0.6 is 0 Å².